The highest BCUT2D eigenvalue weighted by Gasteiger charge is 2.43. The molecule has 2 aliphatic rings. The van der Waals surface area contributed by atoms with Crippen molar-refractivity contribution in [3.05, 3.63) is 0 Å². The molecule has 2 fully saturated rings. The van der Waals surface area contributed by atoms with Crippen LogP contribution in [0, 0.1) is 0 Å². The van der Waals surface area contributed by atoms with Gasteiger partial charge in [0.1, 0.15) is 0 Å². The Kier molecular flexibility index (Phi) is 4.19. The molecule has 6 heteroatoms. The second-order valence-electron chi connectivity index (χ2n) is 7.41. The molecule has 21 heavy (non-hydrogen) atoms. The first-order chi connectivity index (χ1) is 9.65. The molecule has 120 valence electrons. The number of hydrogen-bond acceptors (Lipinski definition) is 3. The second-order valence-corrected chi connectivity index (χ2v) is 7.41. The normalized spacial score (nSPS) is 26.5. The van der Waals surface area contributed by atoms with Crippen molar-refractivity contribution < 1.29 is 9.59 Å². The molecular formula is C15H28N4O2. The van der Waals surface area contributed by atoms with Crippen molar-refractivity contribution in [3.8, 4) is 0 Å². The van der Waals surface area contributed by atoms with E-state index < -0.39 is 0 Å². The van der Waals surface area contributed by atoms with Gasteiger partial charge in [-0.15, -0.1) is 0 Å². The van der Waals surface area contributed by atoms with Gasteiger partial charge in [-0.3, -0.25) is 0 Å². The lowest BCUT2D eigenvalue weighted by Gasteiger charge is -2.49. The summed E-state index contributed by atoms with van der Waals surface area (Å²) in [6.45, 7) is 12.0. The summed E-state index contributed by atoms with van der Waals surface area (Å²) in [4.78, 5) is 27.8. The quantitative estimate of drug-likeness (QED) is 0.816. The SMILES string of the molecule is CCN1C(=O)NCCN(C2CC(C)(C)NC(C)(C)C2)C1=O. The molecule has 0 bridgehead atoms. The van der Waals surface area contributed by atoms with E-state index in [1.807, 2.05) is 11.8 Å². The summed E-state index contributed by atoms with van der Waals surface area (Å²) in [5, 5.41) is 6.43. The lowest BCUT2D eigenvalue weighted by molar-refractivity contribution is 0.0774. The zero-order valence-corrected chi connectivity index (χ0v) is 13.8. The molecule has 2 N–H and O–H groups in total. The number of hydrogen-bond donors (Lipinski definition) is 2. The van der Waals surface area contributed by atoms with Crippen molar-refractivity contribution in [1.29, 1.82) is 0 Å². The van der Waals surface area contributed by atoms with Crippen LogP contribution in [-0.4, -0.2) is 58.6 Å². The molecule has 0 spiro atoms. The number of imide groups is 1. The molecule has 2 rings (SSSR count). The first-order valence-corrected chi connectivity index (χ1v) is 7.80. The summed E-state index contributed by atoms with van der Waals surface area (Å²) in [5.74, 6) is 0. The highest BCUT2D eigenvalue weighted by molar-refractivity contribution is 5.94. The molecule has 2 saturated heterocycles. The van der Waals surface area contributed by atoms with Gasteiger partial charge in [0.05, 0.1) is 0 Å². The number of carbonyl (C=O) groups excluding carboxylic acids is 2. The van der Waals surface area contributed by atoms with Gasteiger partial charge >= 0.3 is 12.1 Å². The van der Waals surface area contributed by atoms with Crippen LogP contribution in [0.3, 0.4) is 0 Å². The van der Waals surface area contributed by atoms with Gasteiger partial charge in [0, 0.05) is 36.8 Å². The smallest absolute Gasteiger partial charge is 0.328 e. The minimum Gasteiger partial charge on any atom is -0.336 e. The van der Waals surface area contributed by atoms with Crippen molar-refractivity contribution in [3.63, 3.8) is 0 Å². The highest BCUT2D eigenvalue weighted by atomic mass is 16.2. The summed E-state index contributed by atoms with van der Waals surface area (Å²) in [6, 6.07) is -0.283. The summed E-state index contributed by atoms with van der Waals surface area (Å²) in [5.41, 5.74) is -0.0407. The molecule has 2 aliphatic heterocycles. The summed E-state index contributed by atoms with van der Waals surface area (Å²) >= 11 is 0. The van der Waals surface area contributed by atoms with E-state index in [9.17, 15) is 9.59 Å². The molecule has 6 nitrogen and oxygen atoms in total. The predicted octanol–water partition coefficient (Wildman–Crippen LogP) is 1.76. The topological polar surface area (TPSA) is 64.7 Å². The number of nitrogens with one attached hydrogen (secondary N) is 2. The molecule has 0 atom stereocenters. The third-order valence-electron chi connectivity index (χ3n) is 4.28. The van der Waals surface area contributed by atoms with E-state index in [1.165, 1.54) is 4.90 Å². The van der Waals surface area contributed by atoms with Gasteiger partial charge in [0.15, 0.2) is 0 Å². The molecule has 0 aromatic heterocycles. The maximum absolute atomic E-state index is 12.7. The Labute approximate surface area is 127 Å². The first kappa shape index (κ1) is 16.1. The Morgan fingerprint density at radius 3 is 2.24 bits per heavy atom. The van der Waals surface area contributed by atoms with Crippen molar-refractivity contribution in [2.45, 2.75) is 64.6 Å². The van der Waals surface area contributed by atoms with E-state index >= 15 is 0 Å². The maximum Gasteiger partial charge on any atom is 0.328 e. The molecule has 0 unspecified atom stereocenters. The van der Waals surface area contributed by atoms with Crippen LogP contribution < -0.4 is 10.6 Å². The number of amides is 4. The Morgan fingerprint density at radius 2 is 1.71 bits per heavy atom. The molecule has 4 amide bonds. The molecule has 0 aromatic carbocycles. The fourth-order valence-corrected chi connectivity index (χ4v) is 3.82. The second kappa shape index (κ2) is 5.48. The van der Waals surface area contributed by atoms with E-state index in [0.29, 0.717) is 19.6 Å². The van der Waals surface area contributed by atoms with Crippen LogP contribution in [0.25, 0.3) is 0 Å². The van der Waals surface area contributed by atoms with Gasteiger partial charge in [-0.1, -0.05) is 0 Å². The zero-order valence-electron chi connectivity index (χ0n) is 13.8. The van der Waals surface area contributed by atoms with E-state index in [2.05, 4.69) is 38.3 Å². The van der Waals surface area contributed by atoms with E-state index in [0.717, 1.165) is 12.8 Å². The predicted molar refractivity (Wildman–Crippen MR) is 82.2 cm³/mol. The van der Waals surface area contributed by atoms with Crippen LogP contribution >= 0.6 is 0 Å². The fourth-order valence-electron chi connectivity index (χ4n) is 3.82. The number of nitrogens with zero attached hydrogens (tertiary/aromatic N) is 2. The molecule has 0 aromatic rings. The van der Waals surface area contributed by atoms with Gasteiger partial charge in [0.2, 0.25) is 0 Å². The third kappa shape index (κ3) is 3.48. The van der Waals surface area contributed by atoms with Crippen molar-refractivity contribution >= 4 is 12.1 Å². The van der Waals surface area contributed by atoms with Gasteiger partial charge in [0.25, 0.3) is 0 Å². The minimum atomic E-state index is -0.280. The standard InChI is InChI=1S/C15H28N4O2/c1-6-18-12(20)16-7-8-19(13(18)21)11-9-14(2,3)17-15(4,5)10-11/h11,17H,6-10H2,1-5H3,(H,16,20). The molecule has 2 heterocycles. The first-order valence-electron chi connectivity index (χ1n) is 7.80. The summed E-state index contributed by atoms with van der Waals surface area (Å²) in [7, 11) is 0. The lowest BCUT2D eigenvalue weighted by Crippen LogP contribution is -2.63. The summed E-state index contributed by atoms with van der Waals surface area (Å²) in [6.07, 6.45) is 1.79. The number of carbonyl (C=O) groups is 2. The highest BCUT2D eigenvalue weighted by Crippen LogP contribution is 2.32. The lowest BCUT2D eigenvalue weighted by atomic mass is 9.79. The van der Waals surface area contributed by atoms with Crippen molar-refractivity contribution in [2.75, 3.05) is 19.6 Å². The van der Waals surface area contributed by atoms with E-state index in [4.69, 9.17) is 0 Å². The van der Waals surface area contributed by atoms with Crippen LogP contribution in [0.5, 0.6) is 0 Å². The van der Waals surface area contributed by atoms with Crippen LogP contribution in [-0.2, 0) is 0 Å². The number of urea groups is 2. The Morgan fingerprint density at radius 1 is 1.14 bits per heavy atom. The molecule has 0 radical (unpaired) electrons. The van der Waals surface area contributed by atoms with Crippen LogP contribution in [0.2, 0.25) is 0 Å². The number of piperidine rings is 1. The molecular weight excluding hydrogens is 268 g/mol. The van der Waals surface area contributed by atoms with Crippen LogP contribution in [0.4, 0.5) is 9.59 Å². The van der Waals surface area contributed by atoms with Gasteiger partial charge in [-0.25, -0.2) is 14.5 Å². The Bertz CT molecular complexity index is 417. The Hall–Kier alpha value is -1.30. The monoisotopic (exact) mass is 296 g/mol. The Balaban J connectivity index is 2.23. The van der Waals surface area contributed by atoms with E-state index in [-0.39, 0.29) is 29.2 Å². The van der Waals surface area contributed by atoms with Crippen molar-refractivity contribution in [1.82, 2.24) is 20.4 Å². The van der Waals surface area contributed by atoms with E-state index in [1.54, 1.807) is 0 Å². The van der Waals surface area contributed by atoms with Crippen molar-refractivity contribution in [2.24, 2.45) is 0 Å². The number of rotatable bonds is 2. The largest absolute Gasteiger partial charge is 0.336 e. The summed E-state index contributed by atoms with van der Waals surface area (Å²) < 4.78 is 0. The molecule has 0 aliphatic carbocycles. The zero-order chi connectivity index (χ0) is 15.8. The third-order valence-corrected chi connectivity index (χ3v) is 4.28. The van der Waals surface area contributed by atoms with Crippen LogP contribution in [0.15, 0.2) is 0 Å². The molecule has 0 saturated carbocycles. The van der Waals surface area contributed by atoms with Gasteiger partial charge in [-0.2, -0.15) is 0 Å². The average molecular weight is 296 g/mol. The van der Waals surface area contributed by atoms with Gasteiger partial charge < -0.3 is 15.5 Å². The van der Waals surface area contributed by atoms with Crippen LogP contribution in [0.1, 0.15) is 47.5 Å². The fraction of sp³-hybridized carbons (Fsp3) is 0.867. The average Bonchev–Trinajstić information content (AvgIpc) is 2.44. The minimum absolute atomic E-state index is 0.0204. The maximum atomic E-state index is 12.7. The van der Waals surface area contributed by atoms with Gasteiger partial charge in [-0.05, 0) is 47.5 Å².